The summed E-state index contributed by atoms with van der Waals surface area (Å²) in [6.45, 7) is 8.69. The third-order valence-corrected chi connectivity index (χ3v) is 6.39. The van der Waals surface area contributed by atoms with Gasteiger partial charge in [0.25, 0.3) is 0 Å². The highest BCUT2D eigenvalue weighted by Gasteiger charge is 2.52. The number of nitrogens with zero attached hydrogens (tertiary/aromatic N) is 1. The highest BCUT2D eigenvalue weighted by molar-refractivity contribution is 6.62. The lowest BCUT2D eigenvalue weighted by Gasteiger charge is -2.32. The van der Waals surface area contributed by atoms with E-state index in [2.05, 4.69) is 10.3 Å². The third-order valence-electron chi connectivity index (χ3n) is 6.39. The summed E-state index contributed by atoms with van der Waals surface area (Å²) in [4.78, 5) is 16.9. The van der Waals surface area contributed by atoms with Crippen molar-refractivity contribution in [2.24, 2.45) is 0 Å². The Bertz CT molecular complexity index is 1120. The van der Waals surface area contributed by atoms with Gasteiger partial charge < -0.3 is 14.6 Å². The van der Waals surface area contributed by atoms with Gasteiger partial charge in [-0.15, -0.1) is 0 Å². The Hall–Kier alpha value is -3.03. The van der Waals surface area contributed by atoms with E-state index in [0.717, 1.165) is 16.6 Å². The van der Waals surface area contributed by atoms with E-state index >= 15 is 0 Å². The van der Waals surface area contributed by atoms with Gasteiger partial charge in [-0.1, -0.05) is 36.4 Å². The van der Waals surface area contributed by atoms with Crippen molar-refractivity contribution in [3.8, 4) is 0 Å². The van der Waals surface area contributed by atoms with E-state index in [-0.39, 0.29) is 18.0 Å². The van der Waals surface area contributed by atoms with Crippen LogP contribution in [-0.4, -0.2) is 29.1 Å². The van der Waals surface area contributed by atoms with Crippen molar-refractivity contribution in [2.45, 2.75) is 51.9 Å². The monoisotopic (exact) mass is 446 g/mol. The Morgan fingerprint density at radius 1 is 0.970 bits per heavy atom. The van der Waals surface area contributed by atoms with Crippen LogP contribution in [0.5, 0.6) is 0 Å². The third kappa shape index (κ3) is 5.15. The molecule has 4 rings (SSSR count). The van der Waals surface area contributed by atoms with Crippen LogP contribution in [0.25, 0.3) is 0 Å². The molecule has 1 aliphatic rings. The summed E-state index contributed by atoms with van der Waals surface area (Å²) in [7, 11) is -0.438. The average Bonchev–Trinajstić information content (AvgIpc) is 3.01. The maximum Gasteiger partial charge on any atom is 0.495 e. The Kier molecular flexibility index (Phi) is 6.37. The lowest BCUT2D eigenvalue weighted by molar-refractivity contribution is 0.00578. The smallest absolute Gasteiger partial charge is 0.399 e. The standard InChI is InChI=1S/C26H28BFN2O3/c1-25(2)26(3,4)33-27(32-25)22-8-6-5-7-19(22)16-29-24-14-11-20(17-30-24)23(31)15-18-9-12-21(28)13-10-18/h5-14,17H,15-16H2,1-4H3,(H,29,30). The number of aromatic nitrogens is 1. The van der Waals surface area contributed by atoms with E-state index in [0.29, 0.717) is 17.9 Å². The zero-order valence-corrected chi connectivity index (χ0v) is 19.4. The highest BCUT2D eigenvalue weighted by Crippen LogP contribution is 2.36. The molecular formula is C26H28BFN2O3. The Morgan fingerprint density at radius 3 is 2.27 bits per heavy atom. The molecular weight excluding hydrogens is 418 g/mol. The zero-order chi connectivity index (χ0) is 23.6. The first kappa shape index (κ1) is 23.1. The molecule has 1 saturated heterocycles. The summed E-state index contributed by atoms with van der Waals surface area (Å²) in [6, 6.07) is 17.5. The van der Waals surface area contributed by atoms with Crippen molar-refractivity contribution in [2.75, 3.05) is 5.32 Å². The minimum absolute atomic E-state index is 0.0632. The van der Waals surface area contributed by atoms with E-state index in [1.807, 2.05) is 52.0 Å². The van der Waals surface area contributed by atoms with Gasteiger partial charge in [-0.3, -0.25) is 4.79 Å². The number of ketones is 1. The summed E-state index contributed by atoms with van der Waals surface area (Å²) in [5.74, 6) is 0.284. The molecule has 1 aromatic heterocycles. The minimum atomic E-state index is -0.438. The zero-order valence-electron chi connectivity index (χ0n) is 19.4. The summed E-state index contributed by atoms with van der Waals surface area (Å²) in [6.07, 6.45) is 1.77. The second kappa shape index (κ2) is 9.08. The van der Waals surface area contributed by atoms with E-state index in [4.69, 9.17) is 9.31 Å². The molecule has 2 heterocycles. The maximum absolute atomic E-state index is 13.1. The van der Waals surface area contributed by atoms with Gasteiger partial charge in [0, 0.05) is 24.7 Å². The first-order valence-corrected chi connectivity index (χ1v) is 11.1. The number of rotatable bonds is 7. The average molecular weight is 446 g/mol. The van der Waals surface area contributed by atoms with Gasteiger partial charge in [-0.05, 0) is 68.6 Å². The molecule has 0 saturated carbocycles. The molecule has 0 bridgehead atoms. The van der Waals surface area contributed by atoms with Crippen molar-refractivity contribution in [1.82, 2.24) is 4.98 Å². The summed E-state index contributed by atoms with van der Waals surface area (Å²) in [5, 5.41) is 3.31. The first-order chi connectivity index (χ1) is 15.6. The quantitative estimate of drug-likeness (QED) is 0.426. The predicted octanol–water partition coefficient (Wildman–Crippen LogP) is 4.56. The van der Waals surface area contributed by atoms with Gasteiger partial charge in [-0.2, -0.15) is 0 Å². The molecule has 3 aromatic rings. The number of pyridine rings is 1. The Balaban J connectivity index is 1.40. The molecule has 0 amide bonds. The minimum Gasteiger partial charge on any atom is -0.399 e. The fourth-order valence-corrected chi connectivity index (χ4v) is 3.63. The topological polar surface area (TPSA) is 60.5 Å². The fourth-order valence-electron chi connectivity index (χ4n) is 3.63. The fraction of sp³-hybridized carbons (Fsp3) is 0.308. The van der Waals surface area contributed by atoms with Crippen molar-refractivity contribution in [3.63, 3.8) is 0 Å². The molecule has 7 heteroatoms. The number of halogens is 1. The van der Waals surface area contributed by atoms with Crippen LogP contribution in [-0.2, 0) is 22.3 Å². The van der Waals surface area contributed by atoms with Gasteiger partial charge >= 0.3 is 7.12 Å². The predicted molar refractivity (Wildman–Crippen MR) is 128 cm³/mol. The van der Waals surface area contributed by atoms with Gasteiger partial charge in [0.15, 0.2) is 5.78 Å². The van der Waals surface area contributed by atoms with Gasteiger partial charge in [-0.25, -0.2) is 9.37 Å². The molecule has 1 fully saturated rings. The van der Waals surface area contributed by atoms with Crippen LogP contribution in [0.1, 0.15) is 49.2 Å². The Labute approximate surface area is 194 Å². The molecule has 0 aliphatic carbocycles. The molecule has 0 spiro atoms. The van der Waals surface area contributed by atoms with E-state index in [1.54, 1.807) is 30.5 Å². The van der Waals surface area contributed by atoms with Crippen LogP contribution < -0.4 is 10.8 Å². The maximum atomic E-state index is 13.1. The number of benzene rings is 2. The van der Waals surface area contributed by atoms with Crippen LogP contribution in [0, 0.1) is 5.82 Å². The largest absolute Gasteiger partial charge is 0.495 e. The van der Waals surface area contributed by atoms with E-state index < -0.39 is 18.3 Å². The molecule has 0 radical (unpaired) electrons. The summed E-state index contributed by atoms with van der Waals surface area (Å²) >= 11 is 0. The summed E-state index contributed by atoms with van der Waals surface area (Å²) in [5.41, 5.74) is 2.50. The lowest BCUT2D eigenvalue weighted by Crippen LogP contribution is -2.41. The van der Waals surface area contributed by atoms with Gasteiger partial charge in [0.1, 0.15) is 11.6 Å². The lowest BCUT2D eigenvalue weighted by atomic mass is 9.76. The molecule has 0 unspecified atom stereocenters. The number of hydrogen-bond donors (Lipinski definition) is 1. The van der Waals surface area contributed by atoms with Gasteiger partial charge in [0.2, 0.25) is 0 Å². The number of carbonyl (C=O) groups is 1. The molecule has 1 aliphatic heterocycles. The molecule has 2 aromatic carbocycles. The molecule has 0 atom stereocenters. The van der Waals surface area contributed by atoms with Crippen LogP contribution in [0.15, 0.2) is 66.9 Å². The van der Waals surface area contributed by atoms with Crippen molar-refractivity contribution < 1.29 is 18.5 Å². The van der Waals surface area contributed by atoms with Crippen molar-refractivity contribution in [3.05, 3.63) is 89.4 Å². The van der Waals surface area contributed by atoms with E-state index in [1.165, 1.54) is 12.1 Å². The second-order valence-corrected chi connectivity index (χ2v) is 9.30. The van der Waals surface area contributed by atoms with Crippen LogP contribution in [0.2, 0.25) is 0 Å². The molecule has 1 N–H and O–H groups in total. The van der Waals surface area contributed by atoms with Crippen molar-refractivity contribution >= 4 is 24.2 Å². The molecule has 33 heavy (non-hydrogen) atoms. The number of Topliss-reactive ketones (excluding diaryl/α,β-unsaturated/α-hetero) is 1. The first-order valence-electron chi connectivity index (χ1n) is 11.1. The number of nitrogens with one attached hydrogen (secondary N) is 1. The molecule has 5 nitrogen and oxygen atoms in total. The SMILES string of the molecule is CC1(C)OB(c2ccccc2CNc2ccc(C(=O)Cc3ccc(F)cc3)cn2)OC1(C)C. The highest BCUT2D eigenvalue weighted by atomic mass is 19.1. The number of anilines is 1. The second-order valence-electron chi connectivity index (χ2n) is 9.30. The normalized spacial score (nSPS) is 16.6. The molecule has 170 valence electrons. The van der Waals surface area contributed by atoms with Gasteiger partial charge in [0.05, 0.1) is 11.2 Å². The van der Waals surface area contributed by atoms with E-state index in [9.17, 15) is 9.18 Å². The Morgan fingerprint density at radius 2 is 1.64 bits per heavy atom. The van der Waals surface area contributed by atoms with Crippen LogP contribution in [0.4, 0.5) is 10.2 Å². The van der Waals surface area contributed by atoms with Crippen LogP contribution >= 0.6 is 0 Å². The summed E-state index contributed by atoms with van der Waals surface area (Å²) < 4.78 is 25.5. The van der Waals surface area contributed by atoms with Crippen molar-refractivity contribution in [1.29, 1.82) is 0 Å². The number of hydrogen-bond acceptors (Lipinski definition) is 5. The number of carbonyl (C=O) groups excluding carboxylic acids is 1. The van der Waals surface area contributed by atoms with Crippen LogP contribution in [0.3, 0.4) is 0 Å².